The fourth-order valence-electron chi connectivity index (χ4n) is 0.411. The van der Waals surface area contributed by atoms with E-state index in [0.29, 0.717) is 6.61 Å². The molecule has 56 valence electrons. The Labute approximate surface area is 54.6 Å². The van der Waals surface area contributed by atoms with Crippen LogP contribution < -0.4 is 0 Å². The van der Waals surface area contributed by atoms with Crippen molar-refractivity contribution in [3.63, 3.8) is 0 Å². The molecule has 0 aliphatic heterocycles. The maximum absolute atomic E-state index is 8.48. The second-order valence-corrected chi connectivity index (χ2v) is 2.17. The molecule has 9 heavy (non-hydrogen) atoms. The topological polar surface area (TPSA) is 52.9 Å². The SMILES string of the molecule is CCOC(C)(C)N(O)O. The first-order valence-corrected chi connectivity index (χ1v) is 2.82. The fourth-order valence-corrected chi connectivity index (χ4v) is 0.411. The summed E-state index contributed by atoms with van der Waals surface area (Å²) in [5.74, 6) is 0. The van der Waals surface area contributed by atoms with Crippen LogP contribution in [0.2, 0.25) is 0 Å². The van der Waals surface area contributed by atoms with Gasteiger partial charge < -0.3 is 4.74 Å². The molecule has 0 aromatic carbocycles. The molecular formula is C5H13NO3. The largest absolute Gasteiger partial charge is 0.357 e. The van der Waals surface area contributed by atoms with Crippen molar-refractivity contribution in [1.29, 1.82) is 0 Å². The van der Waals surface area contributed by atoms with Crippen molar-refractivity contribution in [2.45, 2.75) is 26.5 Å². The third-order valence-electron chi connectivity index (χ3n) is 0.979. The van der Waals surface area contributed by atoms with Crippen LogP contribution in [0.15, 0.2) is 0 Å². The quantitative estimate of drug-likeness (QED) is 0.444. The maximum atomic E-state index is 8.48. The number of nitrogens with zero attached hydrogens (tertiary/aromatic N) is 1. The maximum Gasteiger partial charge on any atom is 0.164 e. The fraction of sp³-hybridized carbons (Fsp3) is 1.00. The van der Waals surface area contributed by atoms with Crippen LogP contribution in [0.25, 0.3) is 0 Å². The molecule has 0 spiro atoms. The van der Waals surface area contributed by atoms with Crippen molar-refractivity contribution in [1.82, 2.24) is 5.23 Å². The average molecular weight is 135 g/mol. The average Bonchev–Trinajstić information content (AvgIpc) is 1.65. The standard InChI is InChI=1S/C5H13NO3/c1-4-9-5(2,3)6(7)8/h7-8H,4H2,1-3H3. The van der Waals surface area contributed by atoms with Crippen molar-refractivity contribution >= 4 is 0 Å². The summed E-state index contributed by atoms with van der Waals surface area (Å²) in [7, 11) is 0. The minimum Gasteiger partial charge on any atom is -0.357 e. The molecule has 0 aromatic rings. The Morgan fingerprint density at radius 3 is 2.00 bits per heavy atom. The lowest BCUT2D eigenvalue weighted by atomic mass is 10.3. The van der Waals surface area contributed by atoms with E-state index in [9.17, 15) is 0 Å². The van der Waals surface area contributed by atoms with Crippen molar-refractivity contribution in [2.75, 3.05) is 6.61 Å². The summed E-state index contributed by atoms with van der Waals surface area (Å²) in [5.41, 5.74) is -1.01. The Morgan fingerprint density at radius 1 is 1.44 bits per heavy atom. The first-order chi connectivity index (χ1) is 4.00. The van der Waals surface area contributed by atoms with Gasteiger partial charge in [0, 0.05) is 6.61 Å². The second-order valence-electron chi connectivity index (χ2n) is 2.17. The van der Waals surface area contributed by atoms with Crippen molar-refractivity contribution in [2.24, 2.45) is 0 Å². The molecule has 0 saturated heterocycles. The van der Waals surface area contributed by atoms with Crippen LogP contribution in [0.3, 0.4) is 0 Å². The van der Waals surface area contributed by atoms with Crippen LogP contribution in [0.4, 0.5) is 0 Å². The highest BCUT2D eigenvalue weighted by molar-refractivity contribution is 4.55. The number of hydrogen-bond acceptors (Lipinski definition) is 4. The van der Waals surface area contributed by atoms with Crippen LogP contribution in [0.5, 0.6) is 0 Å². The first kappa shape index (κ1) is 8.84. The van der Waals surface area contributed by atoms with E-state index in [4.69, 9.17) is 15.2 Å². The molecule has 0 aliphatic carbocycles. The van der Waals surface area contributed by atoms with E-state index in [0.717, 1.165) is 0 Å². The molecule has 0 atom stereocenters. The van der Waals surface area contributed by atoms with Gasteiger partial charge in [-0.15, -0.1) is 0 Å². The molecule has 0 bridgehead atoms. The Bertz CT molecular complexity index is 82.3. The lowest BCUT2D eigenvalue weighted by Crippen LogP contribution is -2.41. The Kier molecular flexibility index (Phi) is 3.07. The van der Waals surface area contributed by atoms with Crippen molar-refractivity contribution in [3.8, 4) is 0 Å². The van der Waals surface area contributed by atoms with E-state index in [2.05, 4.69) is 0 Å². The highest BCUT2D eigenvalue weighted by Gasteiger charge is 2.23. The van der Waals surface area contributed by atoms with E-state index >= 15 is 0 Å². The summed E-state index contributed by atoms with van der Waals surface area (Å²) in [6.07, 6.45) is 0. The van der Waals surface area contributed by atoms with Gasteiger partial charge in [-0.25, -0.2) is 0 Å². The van der Waals surface area contributed by atoms with E-state index in [1.54, 1.807) is 20.8 Å². The molecule has 0 aromatic heterocycles. The first-order valence-electron chi connectivity index (χ1n) is 2.82. The molecule has 0 fully saturated rings. The predicted octanol–water partition coefficient (Wildman–Crippen LogP) is 0.839. The summed E-state index contributed by atoms with van der Waals surface area (Å²) in [6, 6.07) is 0. The normalized spacial score (nSPS) is 12.7. The van der Waals surface area contributed by atoms with Gasteiger partial charge in [0.2, 0.25) is 0 Å². The summed E-state index contributed by atoms with van der Waals surface area (Å²) in [5, 5.41) is 17.0. The van der Waals surface area contributed by atoms with E-state index in [1.807, 2.05) is 0 Å². The lowest BCUT2D eigenvalue weighted by molar-refractivity contribution is -0.411. The van der Waals surface area contributed by atoms with Crippen molar-refractivity contribution < 1.29 is 15.2 Å². The minimum absolute atomic E-state index is 0.0521. The van der Waals surface area contributed by atoms with Gasteiger partial charge in [0.15, 0.2) is 5.72 Å². The Morgan fingerprint density at radius 2 is 1.89 bits per heavy atom. The highest BCUT2D eigenvalue weighted by Crippen LogP contribution is 2.09. The number of hydrogen-bond donors (Lipinski definition) is 2. The second kappa shape index (κ2) is 3.12. The van der Waals surface area contributed by atoms with Crippen LogP contribution in [0, 0.1) is 0 Å². The third-order valence-corrected chi connectivity index (χ3v) is 0.979. The summed E-state index contributed by atoms with van der Waals surface area (Å²) < 4.78 is 4.92. The Balaban J connectivity index is 3.70. The van der Waals surface area contributed by atoms with E-state index < -0.39 is 5.72 Å². The highest BCUT2D eigenvalue weighted by atomic mass is 16.8. The molecule has 0 rings (SSSR count). The van der Waals surface area contributed by atoms with E-state index in [-0.39, 0.29) is 5.23 Å². The molecule has 2 N–H and O–H groups in total. The zero-order chi connectivity index (χ0) is 7.49. The minimum atomic E-state index is -1.01. The molecule has 4 nitrogen and oxygen atoms in total. The van der Waals surface area contributed by atoms with Gasteiger partial charge in [-0.2, -0.15) is 0 Å². The van der Waals surface area contributed by atoms with Gasteiger partial charge >= 0.3 is 0 Å². The Hall–Kier alpha value is -0.160. The molecule has 0 amide bonds. The monoisotopic (exact) mass is 135 g/mol. The molecular weight excluding hydrogens is 122 g/mol. The van der Waals surface area contributed by atoms with Gasteiger partial charge in [0.25, 0.3) is 0 Å². The molecule has 0 unspecified atom stereocenters. The van der Waals surface area contributed by atoms with Crippen LogP contribution in [0.1, 0.15) is 20.8 Å². The number of rotatable bonds is 3. The molecule has 0 saturated carbocycles. The summed E-state index contributed by atoms with van der Waals surface area (Å²) >= 11 is 0. The van der Waals surface area contributed by atoms with Gasteiger partial charge in [0.05, 0.1) is 0 Å². The molecule has 0 radical (unpaired) electrons. The van der Waals surface area contributed by atoms with Crippen molar-refractivity contribution in [3.05, 3.63) is 0 Å². The zero-order valence-electron chi connectivity index (χ0n) is 5.96. The summed E-state index contributed by atoms with van der Waals surface area (Å²) in [4.78, 5) is 0. The van der Waals surface area contributed by atoms with Gasteiger partial charge in [-0.3, -0.25) is 10.4 Å². The van der Waals surface area contributed by atoms with Crippen LogP contribution >= 0.6 is 0 Å². The van der Waals surface area contributed by atoms with E-state index in [1.165, 1.54) is 0 Å². The lowest BCUT2D eigenvalue weighted by Gasteiger charge is -2.27. The van der Waals surface area contributed by atoms with Crippen LogP contribution in [-0.2, 0) is 4.74 Å². The summed E-state index contributed by atoms with van der Waals surface area (Å²) in [6.45, 7) is 5.34. The van der Waals surface area contributed by atoms with Crippen LogP contribution in [-0.4, -0.2) is 28.0 Å². The zero-order valence-corrected chi connectivity index (χ0v) is 5.96. The molecule has 0 aliphatic rings. The number of ether oxygens (including phenoxy) is 1. The predicted molar refractivity (Wildman–Crippen MR) is 31.1 cm³/mol. The van der Waals surface area contributed by atoms with Gasteiger partial charge in [0.1, 0.15) is 0 Å². The number of hydroxylamine groups is 2. The molecule has 4 heteroatoms. The molecule has 0 heterocycles. The van der Waals surface area contributed by atoms with Gasteiger partial charge in [-0.1, -0.05) is 0 Å². The third kappa shape index (κ3) is 2.76. The smallest absolute Gasteiger partial charge is 0.164 e. The van der Waals surface area contributed by atoms with Gasteiger partial charge in [-0.05, 0) is 26.0 Å².